The summed E-state index contributed by atoms with van der Waals surface area (Å²) in [5.41, 5.74) is 7.26. The second-order valence-corrected chi connectivity index (χ2v) is 4.22. The van der Waals surface area contributed by atoms with Gasteiger partial charge in [0.25, 0.3) is 0 Å². The molecule has 1 aromatic carbocycles. The Kier molecular flexibility index (Phi) is 3.36. The molecule has 0 saturated carbocycles. The van der Waals surface area contributed by atoms with E-state index in [1.54, 1.807) is 0 Å². The minimum absolute atomic E-state index is 0.0523. The van der Waals surface area contributed by atoms with E-state index in [0.717, 1.165) is 26.1 Å². The SMILES string of the molecule is N[C@H](CN1CCC(O)C1)c1ccccc1. The van der Waals surface area contributed by atoms with E-state index in [4.69, 9.17) is 5.73 Å². The van der Waals surface area contributed by atoms with Crippen molar-refractivity contribution in [2.45, 2.75) is 18.6 Å². The Morgan fingerprint density at radius 2 is 2.13 bits per heavy atom. The summed E-state index contributed by atoms with van der Waals surface area (Å²) in [5, 5.41) is 9.40. The van der Waals surface area contributed by atoms with E-state index in [1.165, 1.54) is 5.56 Å². The molecule has 0 bridgehead atoms. The first-order valence-electron chi connectivity index (χ1n) is 5.46. The molecule has 1 aromatic rings. The highest BCUT2D eigenvalue weighted by Crippen LogP contribution is 2.15. The quantitative estimate of drug-likeness (QED) is 0.767. The molecule has 3 N–H and O–H groups in total. The number of rotatable bonds is 3. The fraction of sp³-hybridized carbons (Fsp3) is 0.500. The number of benzene rings is 1. The van der Waals surface area contributed by atoms with Crippen LogP contribution in [-0.2, 0) is 0 Å². The van der Waals surface area contributed by atoms with E-state index in [0.29, 0.717) is 0 Å². The summed E-state index contributed by atoms with van der Waals surface area (Å²) in [6.45, 7) is 2.56. The lowest BCUT2D eigenvalue weighted by Gasteiger charge is -2.20. The number of nitrogens with zero attached hydrogens (tertiary/aromatic N) is 1. The van der Waals surface area contributed by atoms with Gasteiger partial charge in [-0.1, -0.05) is 30.3 Å². The lowest BCUT2D eigenvalue weighted by atomic mass is 10.1. The van der Waals surface area contributed by atoms with Gasteiger partial charge in [0.1, 0.15) is 0 Å². The highest BCUT2D eigenvalue weighted by molar-refractivity contribution is 5.18. The summed E-state index contributed by atoms with van der Waals surface area (Å²) in [5.74, 6) is 0. The summed E-state index contributed by atoms with van der Waals surface area (Å²) in [6, 6.07) is 10.2. The zero-order valence-electron chi connectivity index (χ0n) is 8.84. The lowest BCUT2D eigenvalue weighted by molar-refractivity contribution is 0.174. The Balaban J connectivity index is 1.90. The Hall–Kier alpha value is -0.900. The topological polar surface area (TPSA) is 49.5 Å². The van der Waals surface area contributed by atoms with Crippen molar-refractivity contribution in [3.63, 3.8) is 0 Å². The van der Waals surface area contributed by atoms with Crippen LogP contribution in [0.2, 0.25) is 0 Å². The van der Waals surface area contributed by atoms with Crippen LogP contribution < -0.4 is 5.73 Å². The first kappa shape index (κ1) is 10.6. The monoisotopic (exact) mass is 206 g/mol. The van der Waals surface area contributed by atoms with Gasteiger partial charge in [-0.05, 0) is 12.0 Å². The van der Waals surface area contributed by atoms with Gasteiger partial charge in [-0.25, -0.2) is 0 Å². The summed E-state index contributed by atoms with van der Waals surface area (Å²) < 4.78 is 0. The molecule has 1 aliphatic rings. The van der Waals surface area contributed by atoms with Gasteiger partial charge in [0.05, 0.1) is 6.10 Å². The Bertz CT molecular complexity index is 302. The molecular weight excluding hydrogens is 188 g/mol. The molecule has 1 unspecified atom stereocenters. The van der Waals surface area contributed by atoms with Gasteiger partial charge in [-0.3, -0.25) is 4.90 Å². The van der Waals surface area contributed by atoms with Gasteiger partial charge < -0.3 is 10.8 Å². The standard InChI is InChI=1S/C12H18N2O/c13-12(10-4-2-1-3-5-10)9-14-7-6-11(15)8-14/h1-5,11-12,15H,6-9,13H2/t11?,12-/m1/s1. The number of likely N-dealkylation sites (tertiary alicyclic amines) is 1. The molecule has 0 spiro atoms. The summed E-state index contributed by atoms with van der Waals surface area (Å²) >= 11 is 0. The van der Waals surface area contributed by atoms with Gasteiger partial charge in [0, 0.05) is 25.7 Å². The normalized spacial score (nSPS) is 24.3. The van der Waals surface area contributed by atoms with Crippen molar-refractivity contribution >= 4 is 0 Å². The molecule has 0 radical (unpaired) electrons. The predicted molar refractivity (Wildman–Crippen MR) is 60.4 cm³/mol. The number of hydrogen-bond donors (Lipinski definition) is 2. The molecule has 1 aliphatic heterocycles. The molecule has 0 amide bonds. The van der Waals surface area contributed by atoms with Crippen molar-refractivity contribution in [1.82, 2.24) is 4.90 Å². The largest absolute Gasteiger partial charge is 0.392 e. The van der Waals surface area contributed by atoms with Gasteiger partial charge in [-0.15, -0.1) is 0 Å². The second-order valence-electron chi connectivity index (χ2n) is 4.22. The Morgan fingerprint density at radius 3 is 2.73 bits per heavy atom. The van der Waals surface area contributed by atoms with E-state index in [9.17, 15) is 5.11 Å². The molecule has 2 rings (SSSR count). The summed E-state index contributed by atoms with van der Waals surface area (Å²) in [4.78, 5) is 2.22. The minimum atomic E-state index is -0.159. The molecule has 3 nitrogen and oxygen atoms in total. The first-order chi connectivity index (χ1) is 7.25. The lowest BCUT2D eigenvalue weighted by Crippen LogP contribution is -2.31. The van der Waals surface area contributed by atoms with Crippen LogP contribution in [0.3, 0.4) is 0 Å². The van der Waals surface area contributed by atoms with Gasteiger partial charge in [0.2, 0.25) is 0 Å². The van der Waals surface area contributed by atoms with Crippen LogP contribution in [0.25, 0.3) is 0 Å². The number of aliphatic hydroxyl groups excluding tert-OH is 1. The number of nitrogens with two attached hydrogens (primary N) is 1. The molecule has 82 valence electrons. The van der Waals surface area contributed by atoms with Crippen LogP contribution in [0.5, 0.6) is 0 Å². The summed E-state index contributed by atoms with van der Waals surface area (Å²) in [6.07, 6.45) is 0.717. The van der Waals surface area contributed by atoms with E-state index in [-0.39, 0.29) is 12.1 Å². The third kappa shape index (κ3) is 2.78. The molecular formula is C12H18N2O. The Labute approximate surface area is 90.5 Å². The van der Waals surface area contributed by atoms with Crippen molar-refractivity contribution in [3.05, 3.63) is 35.9 Å². The van der Waals surface area contributed by atoms with E-state index >= 15 is 0 Å². The average molecular weight is 206 g/mol. The molecule has 2 atom stereocenters. The highest BCUT2D eigenvalue weighted by Gasteiger charge is 2.21. The van der Waals surface area contributed by atoms with Crippen LogP contribution in [-0.4, -0.2) is 35.7 Å². The zero-order valence-corrected chi connectivity index (χ0v) is 8.84. The van der Waals surface area contributed by atoms with E-state index in [2.05, 4.69) is 17.0 Å². The predicted octanol–water partition coefficient (Wildman–Crippen LogP) is 0.753. The molecule has 0 aromatic heterocycles. The molecule has 15 heavy (non-hydrogen) atoms. The molecule has 1 heterocycles. The van der Waals surface area contributed by atoms with Crippen LogP contribution in [0.4, 0.5) is 0 Å². The maximum absolute atomic E-state index is 9.40. The smallest absolute Gasteiger partial charge is 0.0679 e. The van der Waals surface area contributed by atoms with E-state index in [1.807, 2.05) is 18.2 Å². The van der Waals surface area contributed by atoms with Crippen molar-refractivity contribution < 1.29 is 5.11 Å². The van der Waals surface area contributed by atoms with Crippen molar-refractivity contribution in [2.24, 2.45) is 5.73 Å². The molecule has 3 heteroatoms. The van der Waals surface area contributed by atoms with Crippen molar-refractivity contribution in [2.75, 3.05) is 19.6 Å². The summed E-state index contributed by atoms with van der Waals surface area (Å²) in [7, 11) is 0. The van der Waals surface area contributed by atoms with Crippen LogP contribution in [0.15, 0.2) is 30.3 Å². The molecule has 0 aliphatic carbocycles. The third-order valence-corrected chi connectivity index (χ3v) is 2.93. The van der Waals surface area contributed by atoms with Crippen molar-refractivity contribution in [1.29, 1.82) is 0 Å². The fourth-order valence-electron chi connectivity index (χ4n) is 2.06. The average Bonchev–Trinajstić information content (AvgIpc) is 2.65. The molecule has 1 saturated heterocycles. The number of hydrogen-bond acceptors (Lipinski definition) is 3. The van der Waals surface area contributed by atoms with E-state index < -0.39 is 0 Å². The van der Waals surface area contributed by atoms with Gasteiger partial charge >= 0.3 is 0 Å². The van der Waals surface area contributed by atoms with Gasteiger partial charge in [0.15, 0.2) is 0 Å². The third-order valence-electron chi connectivity index (χ3n) is 2.93. The second kappa shape index (κ2) is 4.75. The highest BCUT2D eigenvalue weighted by atomic mass is 16.3. The van der Waals surface area contributed by atoms with Gasteiger partial charge in [-0.2, -0.15) is 0 Å². The maximum Gasteiger partial charge on any atom is 0.0679 e. The number of β-amino-alcohol motifs (C(OH)–C–C–N with tert-alkyl or cyclic N) is 1. The van der Waals surface area contributed by atoms with Crippen molar-refractivity contribution in [3.8, 4) is 0 Å². The van der Waals surface area contributed by atoms with Crippen LogP contribution in [0, 0.1) is 0 Å². The van der Waals surface area contributed by atoms with Crippen LogP contribution >= 0.6 is 0 Å². The maximum atomic E-state index is 9.40. The first-order valence-corrected chi connectivity index (χ1v) is 5.46. The fourth-order valence-corrected chi connectivity index (χ4v) is 2.06. The minimum Gasteiger partial charge on any atom is -0.392 e. The zero-order chi connectivity index (χ0) is 10.7. The van der Waals surface area contributed by atoms with Crippen LogP contribution in [0.1, 0.15) is 18.0 Å². The number of aliphatic hydroxyl groups is 1. The Morgan fingerprint density at radius 1 is 1.40 bits per heavy atom. The molecule has 1 fully saturated rings.